The molecule has 0 aromatic heterocycles. The Hall–Kier alpha value is -2.55. The molecule has 0 amide bonds. The number of hydrogen-bond donors (Lipinski definition) is 0. The van der Waals surface area contributed by atoms with Crippen LogP contribution in [0.1, 0.15) is 43.5 Å². The molecule has 0 radical (unpaired) electrons. The summed E-state index contributed by atoms with van der Waals surface area (Å²) in [4.78, 5) is 0. The number of benzene rings is 4. The number of hydrogen-bond acceptors (Lipinski definition) is 0. The third-order valence-corrected chi connectivity index (χ3v) is 32.8. The van der Waals surface area contributed by atoms with Gasteiger partial charge in [0, 0.05) is 0 Å². The topological polar surface area (TPSA) is 0 Å². The molecule has 1 heterocycles. The van der Waals surface area contributed by atoms with E-state index in [2.05, 4.69) is 132 Å². The van der Waals surface area contributed by atoms with Crippen molar-refractivity contribution in [3.05, 3.63) is 130 Å². The Morgan fingerprint density at radius 3 is 1.37 bits per heavy atom. The summed E-state index contributed by atoms with van der Waals surface area (Å²) in [6.45, 7) is 5.01. The molecule has 3 aliphatic rings. The van der Waals surface area contributed by atoms with Crippen molar-refractivity contribution in [3.63, 3.8) is 0 Å². The standard InChI is InChI=1S/C34H30Si.2CH3.Hf/c1-3-35(4-2,29-21-27-17-11-19-31(33(27)23-29)25-13-7-5-8-14-25)30-22-28-18-12-20-32(34(28)24-30)26-15-9-6-10-16-26;;;/h5-24H,3-4H2,1-2H3;2*1H3;. The van der Waals surface area contributed by atoms with Crippen LogP contribution >= 0.6 is 0 Å². The van der Waals surface area contributed by atoms with Crippen LogP contribution in [0.25, 0.3) is 34.4 Å². The summed E-state index contributed by atoms with van der Waals surface area (Å²) in [5.41, 5.74) is 11.9. The number of rotatable bonds is 4. The molecule has 0 saturated carbocycles. The zero-order valence-corrected chi connectivity index (χ0v) is 27.6. The van der Waals surface area contributed by atoms with Crippen LogP contribution in [0.3, 0.4) is 0 Å². The van der Waals surface area contributed by atoms with Gasteiger partial charge in [-0.3, -0.25) is 0 Å². The predicted octanol–water partition coefficient (Wildman–Crippen LogP) is 10.4. The normalized spacial score (nSPS) is 21.6. The minimum absolute atomic E-state index is 0.696. The average molecular weight is 675 g/mol. The van der Waals surface area contributed by atoms with Crippen molar-refractivity contribution < 1.29 is 20.0 Å². The van der Waals surface area contributed by atoms with Crippen molar-refractivity contribution in [2.24, 2.45) is 0 Å². The van der Waals surface area contributed by atoms with Crippen molar-refractivity contribution in [2.75, 3.05) is 0 Å². The second kappa shape index (κ2) is 9.00. The summed E-state index contributed by atoms with van der Waals surface area (Å²) in [6, 6.07) is 39.1. The molecule has 2 unspecified atom stereocenters. The molecule has 38 heavy (non-hydrogen) atoms. The zero-order chi connectivity index (χ0) is 26.1. The first-order valence-electron chi connectivity index (χ1n) is 14.3. The van der Waals surface area contributed by atoms with Crippen molar-refractivity contribution in [1.29, 1.82) is 0 Å². The summed E-state index contributed by atoms with van der Waals surface area (Å²) in [7, 11) is -1.85. The van der Waals surface area contributed by atoms with Gasteiger partial charge < -0.3 is 0 Å². The molecular weight excluding hydrogens is 639 g/mol. The molecule has 0 bridgehead atoms. The Morgan fingerprint density at radius 1 is 0.553 bits per heavy atom. The first-order chi connectivity index (χ1) is 18.5. The van der Waals surface area contributed by atoms with Crippen LogP contribution in [0.4, 0.5) is 0 Å². The molecule has 0 N–H and O–H groups in total. The van der Waals surface area contributed by atoms with Crippen LogP contribution in [-0.2, 0) is 20.0 Å². The minimum atomic E-state index is -2.98. The summed E-state index contributed by atoms with van der Waals surface area (Å²) < 4.78 is 6.95. The summed E-state index contributed by atoms with van der Waals surface area (Å²) in [5, 5.41) is 3.76. The van der Waals surface area contributed by atoms with E-state index in [1.54, 1.807) is 11.1 Å². The van der Waals surface area contributed by atoms with Crippen LogP contribution in [0.15, 0.2) is 107 Å². The second-order valence-electron chi connectivity index (χ2n) is 12.0. The molecule has 188 valence electrons. The van der Waals surface area contributed by atoms with Gasteiger partial charge in [0.2, 0.25) is 0 Å². The van der Waals surface area contributed by atoms with E-state index < -0.39 is 28.0 Å². The van der Waals surface area contributed by atoms with Gasteiger partial charge in [-0.2, -0.15) is 0 Å². The second-order valence-corrected chi connectivity index (χ2v) is 34.0. The molecule has 1 saturated heterocycles. The third-order valence-electron chi connectivity index (χ3n) is 10.1. The van der Waals surface area contributed by atoms with E-state index in [9.17, 15) is 0 Å². The molecule has 0 spiro atoms. The molecule has 2 aliphatic carbocycles. The fraction of sp³-hybridized carbons (Fsp3) is 0.222. The third kappa shape index (κ3) is 3.29. The maximum atomic E-state index is 2.78. The van der Waals surface area contributed by atoms with Crippen molar-refractivity contribution >= 4 is 20.2 Å². The quantitative estimate of drug-likeness (QED) is 0.189. The van der Waals surface area contributed by atoms with E-state index in [1.165, 1.54) is 45.5 Å². The molecule has 2 atom stereocenters. The first kappa shape index (κ1) is 24.5. The fourth-order valence-corrected chi connectivity index (χ4v) is 40.3. The van der Waals surface area contributed by atoms with Gasteiger partial charge in [-0.05, 0) is 0 Å². The fourth-order valence-electron chi connectivity index (χ4n) is 8.38. The maximum absolute atomic E-state index is 2.98. The molecule has 7 rings (SSSR count). The van der Waals surface area contributed by atoms with Gasteiger partial charge in [0.25, 0.3) is 0 Å². The van der Waals surface area contributed by atoms with Crippen LogP contribution in [0.2, 0.25) is 21.4 Å². The van der Waals surface area contributed by atoms with Crippen molar-refractivity contribution in [3.8, 4) is 22.3 Å². The molecule has 2 heteroatoms. The van der Waals surface area contributed by atoms with Crippen LogP contribution in [-0.4, -0.2) is 8.07 Å². The average Bonchev–Trinajstić information content (AvgIpc) is 3.56. The number of fused-ring (bicyclic) bond motifs is 6. The Kier molecular flexibility index (Phi) is 5.80. The Labute approximate surface area is 233 Å². The van der Waals surface area contributed by atoms with E-state index in [0.717, 1.165) is 0 Å². The van der Waals surface area contributed by atoms with Crippen LogP contribution in [0, 0.1) is 0 Å². The van der Waals surface area contributed by atoms with E-state index in [1.807, 2.05) is 10.4 Å². The van der Waals surface area contributed by atoms with Crippen molar-refractivity contribution in [2.45, 2.75) is 42.6 Å². The van der Waals surface area contributed by atoms with E-state index in [4.69, 9.17) is 0 Å². The first-order valence-corrected chi connectivity index (χ1v) is 28.1. The Balaban J connectivity index is 1.48. The Morgan fingerprint density at radius 2 is 0.974 bits per heavy atom. The summed E-state index contributed by atoms with van der Waals surface area (Å²) in [6.07, 6.45) is 5.45. The van der Waals surface area contributed by atoms with Crippen molar-refractivity contribution in [1.82, 2.24) is 0 Å². The predicted molar refractivity (Wildman–Crippen MR) is 164 cm³/mol. The SMILES string of the molecule is CC[Si]1(CC)C2=Cc3c(-c4ccccc4)cccc3[CH]2[Hf]([CH3])([CH3])[CH]2C1=Cc1c(-c3ccccc3)cccc12. The van der Waals surface area contributed by atoms with E-state index in [0.29, 0.717) is 7.35 Å². The Bertz CT molecular complexity index is 1490. The molecular formula is C36H36HfSi. The van der Waals surface area contributed by atoms with Gasteiger partial charge >= 0.3 is 235 Å². The van der Waals surface area contributed by atoms with Gasteiger partial charge in [0.05, 0.1) is 0 Å². The van der Waals surface area contributed by atoms with Gasteiger partial charge in [-0.25, -0.2) is 0 Å². The van der Waals surface area contributed by atoms with Gasteiger partial charge in [-0.15, -0.1) is 0 Å². The van der Waals surface area contributed by atoms with E-state index in [-0.39, 0.29) is 0 Å². The molecule has 4 aromatic rings. The zero-order valence-electron chi connectivity index (χ0n) is 23.0. The van der Waals surface area contributed by atoms with Crippen LogP contribution in [0.5, 0.6) is 0 Å². The molecule has 1 aliphatic heterocycles. The van der Waals surface area contributed by atoms with Gasteiger partial charge in [0.15, 0.2) is 0 Å². The molecule has 0 nitrogen and oxygen atoms in total. The monoisotopic (exact) mass is 676 g/mol. The molecule has 4 aromatic carbocycles. The van der Waals surface area contributed by atoms with Crippen LogP contribution < -0.4 is 0 Å². The summed E-state index contributed by atoms with van der Waals surface area (Å²) in [5.74, 6) is 0. The van der Waals surface area contributed by atoms with Gasteiger partial charge in [0.1, 0.15) is 0 Å². The van der Waals surface area contributed by atoms with E-state index >= 15 is 0 Å². The number of allylic oxidation sites excluding steroid dienone is 2. The summed E-state index contributed by atoms with van der Waals surface area (Å²) >= 11 is -2.98. The van der Waals surface area contributed by atoms with Gasteiger partial charge in [-0.1, -0.05) is 0 Å². The molecule has 1 fully saturated rings.